The highest BCUT2D eigenvalue weighted by Gasteiger charge is 2.28. The van der Waals surface area contributed by atoms with Crippen molar-refractivity contribution in [3.8, 4) is 0 Å². The molecule has 0 heterocycles. The lowest BCUT2D eigenvalue weighted by molar-refractivity contribution is 0.169. The second kappa shape index (κ2) is 4.97. The number of hydrogen-bond acceptors (Lipinski definition) is 3. The maximum Gasteiger partial charge on any atom is 0.153 e. The van der Waals surface area contributed by atoms with Crippen molar-refractivity contribution in [3.63, 3.8) is 0 Å². The molecular formula is C12H18O3S. The lowest BCUT2D eigenvalue weighted by Crippen LogP contribution is -2.26. The van der Waals surface area contributed by atoms with Crippen molar-refractivity contribution in [1.82, 2.24) is 0 Å². The van der Waals surface area contributed by atoms with Crippen LogP contribution in [0.15, 0.2) is 24.3 Å². The van der Waals surface area contributed by atoms with E-state index in [9.17, 15) is 13.5 Å². The molecule has 0 amide bonds. The Kier molecular flexibility index (Phi) is 4.10. The zero-order valence-corrected chi connectivity index (χ0v) is 10.7. The quantitative estimate of drug-likeness (QED) is 0.876. The van der Waals surface area contributed by atoms with Gasteiger partial charge in [0.05, 0.1) is 11.4 Å². The van der Waals surface area contributed by atoms with Crippen LogP contribution in [0.1, 0.15) is 30.6 Å². The Morgan fingerprint density at radius 1 is 1.25 bits per heavy atom. The number of benzene rings is 1. The summed E-state index contributed by atoms with van der Waals surface area (Å²) in [4.78, 5) is 0. The van der Waals surface area contributed by atoms with E-state index >= 15 is 0 Å². The van der Waals surface area contributed by atoms with Crippen LogP contribution in [0.5, 0.6) is 0 Å². The van der Waals surface area contributed by atoms with Crippen LogP contribution in [-0.4, -0.2) is 25.0 Å². The first kappa shape index (κ1) is 13.2. The van der Waals surface area contributed by atoms with Crippen molar-refractivity contribution in [2.24, 2.45) is 0 Å². The predicted octanol–water partition coefficient (Wildman–Crippen LogP) is 1.85. The Balaban J connectivity index is 3.00. The van der Waals surface area contributed by atoms with Crippen molar-refractivity contribution in [3.05, 3.63) is 35.4 Å². The van der Waals surface area contributed by atoms with E-state index in [1.54, 1.807) is 19.1 Å². The molecule has 0 unspecified atom stereocenters. The van der Waals surface area contributed by atoms with Crippen LogP contribution in [0, 0.1) is 6.92 Å². The smallest absolute Gasteiger partial charge is 0.153 e. The minimum Gasteiger partial charge on any atom is -0.387 e. The van der Waals surface area contributed by atoms with E-state index in [2.05, 4.69) is 0 Å². The van der Waals surface area contributed by atoms with E-state index in [4.69, 9.17) is 0 Å². The summed E-state index contributed by atoms with van der Waals surface area (Å²) in [7, 11) is -3.22. The van der Waals surface area contributed by atoms with Gasteiger partial charge in [0.1, 0.15) is 0 Å². The van der Waals surface area contributed by atoms with E-state index < -0.39 is 21.2 Å². The normalized spacial score (nSPS) is 15.8. The molecule has 90 valence electrons. The molecule has 0 bridgehead atoms. The van der Waals surface area contributed by atoms with Gasteiger partial charge in [-0.2, -0.15) is 0 Å². The highest BCUT2D eigenvalue weighted by Crippen LogP contribution is 2.24. The van der Waals surface area contributed by atoms with Gasteiger partial charge in [0.2, 0.25) is 0 Å². The molecule has 0 aliphatic heterocycles. The number of aliphatic hydroxyl groups excluding tert-OH is 1. The highest BCUT2D eigenvalue weighted by molar-refractivity contribution is 7.91. The number of aliphatic hydroxyl groups is 1. The molecule has 1 aromatic carbocycles. The summed E-state index contributed by atoms with van der Waals surface area (Å²) in [6.07, 6.45) is 0.632. The Bertz CT molecular complexity index is 434. The molecule has 0 saturated carbocycles. The summed E-state index contributed by atoms with van der Waals surface area (Å²) in [6, 6.07) is 7.28. The molecular weight excluding hydrogens is 224 g/mol. The van der Waals surface area contributed by atoms with Crippen molar-refractivity contribution in [1.29, 1.82) is 0 Å². The number of aryl methyl sites for hydroxylation is 1. The van der Waals surface area contributed by atoms with Gasteiger partial charge in [0, 0.05) is 6.26 Å². The molecule has 16 heavy (non-hydrogen) atoms. The lowest BCUT2D eigenvalue weighted by atomic mass is 10.0. The van der Waals surface area contributed by atoms with E-state index in [1.165, 1.54) is 6.26 Å². The zero-order chi connectivity index (χ0) is 12.3. The molecule has 1 rings (SSSR count). The van der Waals surface area contributed by atoms with Crippen molar-refractivity contribution < 1.29 is 13.5 Å². The van der Waals surface area contributed by atoms with Crippen LogP contribution in [0.2, 0.25) is 0 Å². The average Bonchev–Trinajstić information content (AvgIpc) is 2.17. The Morgan fingerprint density at radius 2 is 1.75 bits per heavy atom. The van der Waals surface area contributed by atoms with Crippen molar-refractivity contribution in [2.45, 2.75) is 31.6 Å². The van der Waals surface area contributed by atoms with Gasteiger partial charge in [-0.3, -0.25) is 0 Å². The summed E-state index contributed by atoms with van der Waals surface area (Å²) < 4.78 is 23.0. The van der Waals surface area contributed by atoms with Gasteiger partial charge < -0.3 is 5.11 Å². The van der Waals surface area contributed by atoms with Crippen LogP contribution >= 0.6 is 0 Å². The minimum atomic E-state index is -3.22. The third kappa shape index (κ3) is 3.06. The maximum absolute atomic E-state index is 11.5. The first-order valence-corrected chi connectivity index (χ1v) is 7.25. The van der Waals surface area contributed by atoms with Crippen LogP contribution in [0.3, 0.4) is 0 Å². The SMILES string of the molecule is CC[C@H]([C@H](O)c1ccc(C)cc1)S(C)(=O)=O. The molecule has 0 fully saturated rings. The second-order valence-corrected chi connectivity index (χ2v) is 6.40. The van der Waals surface area contributed by atoms with Crippen molar-refractivity contribution >= 4 is 9.84 Å². The molecule has 0 aliphatic rings. The molecule has 1 N–H and O–H groups in total. The van der Waals surface area contributed by atoms with Crippen molar-refractivity contribution in [2.75, 3.05) is 6.26 Å². The van der Waals surface area contributed by atoms with Gasteiger partial charge >= 0.3 is 0 Å². The fourth-order valence-electron chi connectivity index (χ4n) is 1.74. The van der Waals surface area contributed by atoms with Gasteiger partial charge in [0.15, 0.2) is 9.84 Å². The van der Waals surface area contributed by atoms with E-state index in [1.807, 2.05) is 19.1 Å². The maximum atomic E-state index is 11.5. The third-order valence-electron chi connectivity index (χ3n) is 2.72. The summed E-state index contributed by atoms with van der Waals surface area (Å²) in [6.45, 7) is 3.72. The molecule has 0 aromatic heterocycles. The monoisotopic (exact) mass is 242 g/mol. The minimum absolute atomic E-state index is 0.411. The average molecular weight is 242 g/mol. The van der Waals surface area contributed by atoms with Gasteiger partial charge in [-0.15, -0.1) is 0 Å². The topological polar surface area (TPSA) is 54.4 Å². The largest absolute Gasteiger partial charge is 0.387 e. The predicted molar refractivity (Wildman–Crippen MR) is 65.1 cm³/mol. The Morgan fingerprint density at radius 3 is 2.12 bits per heavy atom. The molecule has 4 heteroatoms. The Hall–Kier alpha value is -0.870. The summed E-state index contributed by atoms with van der Waals surface area (Å²) >= 11 is 0. The number of rotatable bonds is 4. The molecule has 3 nitrogen and oxygen atoms in total. The first-order chi connectivity index (χ1) is 7.36. The Labute approximate surface area is 97.0 Å². The van der Waals surface area contributed by atoms with Crippen LogP contribution in [-0.2, 0) is 9.84 Å². The van der Waals surface area contributed by atoms with Gasteiger partial charge in [-0.05, 0) is 18.9 Å². The molecule has 1 aromatic rings. The highest BCUT2D eigenvalue weighted by atomic mass is 32.2. The summed E-state index contributed by atoms with van der Waals surface area (Å²) in [5, 5.41) is 9.30. The molecule has 0 aliphatic carbocycles. The fourth-order valence-corrected chi connectivity index (χ4v) is 2.97. The molecule has 0 saturated heterocycles. The summed E-state index contributed by atoms with van der Waals surface area (Å²) in [5.41, 5.74) is 1.74. The number of hydrogen-bond donors (Lipinski definition) is 1. The van der Waals surface area contributed by atoms with E-state index in [0.29, 0.717) is 12.0 Å². The van der Waals surface area contributed by atoms with Gasteiger partial charge in [0.25, 0.3) is 0 Å². The van der Waals surface area contributed by atoms with Crippen LogP contribution < -0.4 is 0 Å². The summed E-state index contributed by atoms with van der Waals surface area (Å²) in [5.74, 6) is 0. The van der Waals surface area contributed by atoms with E-state index in [0.717, 1.165) is 5.56 Å². The first-order valence-electron chi connectivity index (χ1n) is 5.29. The van der Waals surface area contributed by atoms with Gasteiger partial charge in [-0.25, -0.2) is 8.42 Å². The third-order valence-corrected chi connectivity index (χ3v) is 4.41. The zero-order valence-electron chi connectivity index (χ0n) is 9.84. The van der Waals surface area contributed by atoms with E-state index in [-0.39, 0.29) is 0 Å². The van der Waals surface area contributed by atoms with Gasteiger partial charge in [-0.1, -0.05) is 36.8 Å². The fraction of sp³-hybridized carbons (Fsp3) is 0.500. The molecule has 0 spiro atoms. The molecule has 2 atom stereocenters. The van der Waals surface area contributed by atoms with Crippen LogP contribution in [0.4, 0.5) is 0 Å². The second-order valence-electron chi connectivity index (χ2n) is 4.13. The standard InChI is InChI=1S/C12H18O3S/c1-4-11(16(3,14)15)12(13)10-7-5-9(2)6-8-10/h5-8,11-13H,4H2,1-3H3/t11-,12-/m1/s1. The number of sulfone groups is 1. The molecule has 0 radical (unpaired) electrons. The van der Waals surface area contributed by atoms with Crippen LogP contribution in [0.25, 0.3) is 0 Å². The lowest BCUT2D eigenvalue weighted by Gasteiger charge is -2.20.